The molecule has 2 N–H and O–H groups in total. The number of methoxy groups -OCH3 is 1. The Hall–Kier alpha value is -1.79. The van der Waals surface area contributed by atoms with Gasteiger partial charge in [-0.2, -0.15) is 0 Å². The summed E-state index contributed by atoms with van der Waals surface area (Å²) in [7, 11) is 3.56. The van der Waals surface area contributed by atoms with Crippen molar-refractivity contribution in [3.05, 3.63) is 29.8 Å². The highest BCUT2D eigenvalue weighted by atomic mass is 16.5. The average Bonchev–Trinajstić information content (AvgIpc) is 3.47. The zero-order valence-corrected chi connectivity index (χ0v) is 18.2. The SMILES string of the molecule is CN=C(NCCCOC1CCCC1)NCC(c1cccc(OC)c1)N1CCCC1. The summed E-state index contributed by atoms with van der Waals surface area (Å²) < 4.78 is 11.4. The minimum absolute atomic E-state index is 0.317. The van der Waals surface area contributed by atoms with Gasteiger partial charge in [0.05, 0.1) is 19.3 Å². The van der Waals surface area contributed by atoms with Gasteiger partial charge in [0.2, 0.25) is 0 Å². The molecule has 1 saturated heterocycles. The fraction of sp³-hybridized carbons (Fsp3) is 0.696. The van der Waals surface area contributed by atoms with Crippen molar-refractivity contribution >= 4 is 5.96 Å². The highest BCUT2D eigenvalue weighted by Crippen LogP contribution is 2.27. The van der Waals surface area contributed by atoms with E-state index in [9.17, 15) is 0 Å². The van der Waals surface area contributed by atoms with Crippen molar-refractivity contribution in [1.82, 2.24) is 15.5 Å². The molecule has 0 bridgehead atoms. The molecule has 1 aliphatic carbocycles. The van der Waals surface area contributed by atoms with E-state index in [0.717, 1.165) is 50.9 Å². The normalized spacial score (nSPS) is 19.4. The monoisotopic (exact) mass is 402 g/mol. The Labute approximate surface area is 176 Å². The van der Waals surface area contributed by atoms with Gasteiger partial charge in [-0.1, -0.05) is 25.0 Å². The maximum absolute atomic E-state index is 5.94. The number of hydrogen-bond donors (Lipinski definition) is 2. The Kier molecular flexibility index (Phi) is 9.09. The third-order valence-electron chi connectivity index (χ3n) is 6.02. The van der Waals surface area contributed by atoms with Gasteiger partial charge in [-0.3, -0.25) is 9.89 Å². The second-order valence-electron chi connectivity index (χ2n) is 8.05. The van der Waals surface area contributed by atoms with Gasteiger partial charge < -0.3 is 20.1 Å². The lowest BCUT2D eigenvalue weighted by Gasteiger charge is -2.29. The number of rotatable bonds is 10. The predicted molar refractivity (Wildman–Crippen MR) is 119 cm³/mol. The largest absolute Gasteiger partial charge is 0.497 e. The molecule has 3 rings (SSSR count). The van der Waals surface area contributed by atoms with Gasteiger partial charge in [-0.25, -0.2) is 0 Å². The van der Waals surface area contributed by atoms with Crippen LogP contribution in [0.15, 0.2) is 29.3 Å². The van der Waals surface area contributed by atoms with Gasteiger partial charge in [0.15, 0.2) is 5.96 Å². The topological polar surface area (TPSA) is 58.1 Å². The van der Waals surface area contributed by atoms with Crippen molar-refractivity contribution < 1.29 is 9.47 Å². The van der Waals surface area contributed by atoms with E-state index in [1.54, 1.807) is 7.11 Å². The molecule has 0 spiro atoms. The molecule has 162 valence electrons. The summed E-state index contributed by atoms with van der Waals surface area (Å²) in [6, 6.07) is 8.75. The van der Waals surface area contributed by atoms with Crippen molar-refractivity contribution in [3.63, 3.8) is 0 Å². The molecule has 0 amide bonds. The summed E-state index contributed by atoms with van der Waals surface area (Å²) in [5.74, 6) is 1.77. The quantitative estimate of drug-likeness (QED) is 0.357. The lowest BCUT2D eigenvalue weighted by Crippen LogP contribution is -2.43. The summed E-state index contributed by atoms with van der Waals surface area (Å²) in [5.41, 5.74) is 1.29. The van der Waals surface area contributed by atoms with Crippen LogP contribution in [-0.2, 0) is 4.74 Å². The van der Waals surface area contributed by atoms with Crippen molar-refractivity contribution in [3.8, 4) is 5.75 Å². The summed E-state index contributed by atoms with van der Waals surface area (Å²) in [6.07, 6.45) is 9.16. The summed E-state index contributed by atoms with van der Waals surface area (Å²) >= 11 is 0. The molecule has 0 aromatic heterocycles. The molecule has 1 heterocycles. The molecule has 2 fully saturated rings. The molecule has 1 aromatic carbocycles. The number of benzene rings is 1. The number of aliphatic imine (C=N–C) groups is 1. The van der Waals surface area contributed by atoms with Gasteiger partial charge in [0.1, 0.15) is 5.75 Å². The van der Waals surface area contributed by atoms with E-state index >= 15 is 0 Å². The van der Waals surface area contributed by atoms with E-state index in [-0.39, 0.29) is 0 Å². The van der Waals surface area contributed by atoms with Crippen LogP contribution in [0.4, 0.5) is 0 Å². The first-order valence-corrected chi connectivity index (χ1v) is 11.2. The Bertz CT molecular complexity index is 625. The van der Waals surface area contributed by atoms with Gasteiger partial charge >= 0.3 is 0 Å². The van der Waals surface area contributed by atoms with E-state index in [0.29, 0.717) is 12.1 Å². The Morgan fingerprint density at radius 3 is 2.69 bits per heavy atom. The molecular formula is C23H38N4O2. The van der Waals surface area contributed by atoms with Gasteiger partial charge in [-0.05, 0) is 62.9 Å². The van der Waals surface area contributed by atoms with Gasteiger partial charge in [0, 0.05) is 26.7 Å². The van der Waals surface area contributed by atoms with Crippen molar-refractivity contribution in [1.29, 1.82) is 0 Å². The summed E-state index contributed by atoms with van der Waals surface area (Å²) in [5, 5.41) is 6.96. The summed E-state index contributed by atoms with van der Waals surface area (Å²) in [4.78, 5) is 6.96. The van der Waals surface area contributed by atoms with Crippen LogP contribution in [0.5, 0.6) is 5.75 Å². The molecule has 1 atom stereocenters. The first-order valence-electron chi connectivity index (χ1n) is 11.2. The Morgan fingerprint density at radius 2 is 1.97 bits per heavy atom. The third kappa shape index (κ3) is 6.89. The highest BCUT2D eigenvalue weighted by Gasteiger charge is 2.24. The lowest BCUT2D eigenvalue weighted by atomic mass is 10.1. The molecule has 1 aromatic rings. The first-order chi connectivity index (χ1) is 14.3. The van der Waals surface area contributed by atoms with E-state index in [2.05, 4.69) is 38.7 Å². The fourth-order valence-corrected chi connectivity index (χ4v) is 4.36. The highest BCUT2D eigenvalue weighted by molar-refractivity contribution is 5.79. The van der Waals surface area contributed by atoms with Crippen molar-refractivity contribution in [2.45, 2.75) is 57.1 Å². The second kappa shape index (κ2) is 12.0. The zero-order valence-electron chi connectivity index (χ0n) is 18.2. The van der Waals surface area contributed by atoms with Crippen molar-refractivity contribution in [2.75, 3.05) is 46.9 Å². The van der Waals surface area contributed by atoms with Crippen LogP contribution in [0.1, 0.15) is 56.6 Å². The van der Waals surface area contributed by atoms with Gasteiger partial charge in [-0.15, -0.1) is 0 Å². The Morgan fingerprint density at radius 1 is 1.17 bits per heavy atom. The maximum Gasteiger partial charge on any atom is 0.191 e. The molecule has 1 saturated carbocycles. The minimum Gasteiger partial charge on any atom is -0.497 e. The molecule has 0 radical (unpaired) electrons. The third-order valence-corrected chi connectivity index (χ3v) is 6.02. The number of hydrogen-bond acceptors (Lipinski definition) is 4. The zero-order chi connectivity index (χ0) is 20.3. The number of ether oxygens (including phenoxy) is 2. The van der Waals surface area contributed by atoms with Crippen molar-refractivity contribution in [2.24, 2.45) is 4.99 Å². The lowest BCUT2D eigenvalue weighted by molar-refractivity contribution is 0.0574. The fourth-order valence-electron chi connectivity index (χ4n) is 4.36. The van der Waals surface area contributed by atoms with Crippen LogP contribution in [0.2, 0.25) is 0 Å². The van der Waals surface area contributed by atoms with E-state index in [4.69, 9.17) is 9.47 Å². The molecule has 6 heteroatoms. The Balaban J connectivity index is 1.46. The van der Waals surface area contributed by atoms with Crippen LogP contribution in [0, 0.1) is 0 Å². The smallest absolute Gasteiger partial charge is 0.191 e. The van der Waals surface area contributed by atoms with E-state index in [1.807, 2.05) is 13.1 Å². The standard InChI is InChI=1S/C23H38N4O2/c1-24-23(25-13-8-16-29-20-10-3-4-11-20)26-18-22(27-14-5-6-15-27)19-9-7-12-21(17-19)28-2/h7,9,12,17,20,22H,3-6,8,10-11,13-16,18H2,1-2H3,(H2,24,25,26). The maximum atomic E-state index is 5.94. The number of nitrogens with zero attached hydrogens (tertiary/aromatic N) is 2. The molecule has 2 aliphatic rings. The summed E-state index contributed by atoms with van der Waals surface area (Å²) in [6.45, 7) is 4.82. The first kappa shape index (κ1) is 21.9. The van der Waals surface area contributed by atoms with E-state index < -0.39 is 0 Å². The predicted octanol–water partition coefficient (Wildman–Crippen LogP) is 3.35. The number of guanidine groups is 1. The molecular weight excluding hydrogens is 364 g/mol. The second-order valence-corrected chi connectivity index (χ2v) is 8.05. The van der Waals surface area contributed by atoms with E-state index in [1.165, 1.54) is 44.1 Å². The number of nitrogens with one attached hydrogen (secondary N) is 2. The molecule has 29 heavy (non-hydrogen) atoms. The van der Waals surface area contributed by atoms with Crippen LogP contribution < -0.4 is 15.4 Å². The van der Waals surface area contributed by atoms with Crippen LogP contribution in [0.25, 0.3) is 0 Å². The van der Waals surface area contributed by atoms with Crippen LogP contribution in [0.3, 0.4) is 0 Å². The minimum atomic E-state index is 0.317. The molecule has 1 unspecified atom stereocenters. The average molecular weight is 403 g/mol. The van der Waals surface area contributed by atoms with Gasteiger partial charge in [0.25, 0.3) is 0 Å². The van der Waals surface area contributed by atoms with Crippen LogP contribution in [-0.4, -0.2) is 63.9 Å². The molecule has 1 aliphatic heterocycles. The van der Waals surface area contributed by atoms with Crippen LogP contribution >= 0.6 is 0 Å². The molecule has 6 nitrogen and oxygen atoms in total. The number of likely N-dealkylation sites (tertiary alicyclic amines) is 1.